The van der Waals surface area contributed by atoms with Gasteiger partial charge in [-0.3, -0.25) is 14.6 Å². The Bertz CT molecular complexity index is 1070. The number of H-pyrrole nitrogens is 1. The number of hydrogen-bond acceptors (Lipinski definition) is 5. The van der Waals surface area contributed by atoms with Gasteiger partial charge in [0.15, 0.2) is 5.76 Å². The number of benzene rings is 1. The summed E-state index contributed by atoms with van der Waals surface area (Å²) >= 11 is 1.36. The molecule has 1 aliphatic rings. The minimum absolute atomic E-state index is 0.177. The van der Waals surface area contributed by atoms with E-state index in [2.05, 4.69) is 16.7 Å². The average Bonchev–Trinajstić information content (AvgIpc) is 3.19. The van der Waals surface area contributed by atoms with Gasteiger partial charge in [-0.15, -0.1) is 6.58 Å². The van der Waals surface area contributed by atoms with Crippen LogP contribution in [0.5, 0.6) is 0 Å². The number of rotatable bonds is 4. The van der Waals surface area contributed by atoms with Crippen LogP contribution in [0, 0.1) is 0 Å². The van der Waals surface area contributed by atoms with Gasteiger partial charge in [-0.25, -0.2) is 4.90 Å². The first-order chi connectivity index (χ1) is 13.1. The molecule has 7 nitrogen and oxygen atoms in total. The SMILES string of the molecule is C=CCSc1n[n+]2c(c(=O)[nH]1)-c1ccccc1N(C(C)=O)[C@H]2c1ccco1. The van der Waals surface area contributed by atoms with Gasteiger partial charge in [0.25, 0.3) is 0 Å². The van der Waals surface area contributed by atoms with E-state index >= 15 is 0 Å². The number of nitrogens with zero attached hydrogens (tertiary/aromatic N) is 3. The summed E-state index contributed by atoms with van der Waals surface area (Å²) in [5.41, 5.74) is 1.39. The summed E-state index contributed by atoms with van der Waals surface area (Å²) in [6, 6.07) is 10.8. The molecule has 1 aromatic carbocycles. The summed E-state index contributed by atoms with van der Waals surface area (Å²) in [7, 11) is 0. The molecule has 0 saturated heterocycles. The molecule has 1 N–H and O–H groups in total. The Morgan fingerprint density at radius 3 is 2.93 bits per heavy atom. The second-order valence-electron chi connectivity index (χ2n) is 5.95. The summed E-state index contributed by atoms with van der Waals surface area (Å²) in [4.78, 5) is 29.9. The van der Waals surface area contributed by atoms with E-state index in [9.17, 15) is 9.59 Å². The van der Waals surface area contributed by atoms with Gasteiger partial charge in [-0.1, -0.05) is 30.0 Å². The monoisotopic (exact) mass is 381 g/mol. The molecule has 0 radical (unpaired) electrons. The molecule has 0 bridgehead atoms. The molecule has 0 aliphatic carbocycles. The van der Waals surface area contributed by atoms with Gasteiger partial charge < -0.3 is 4.42 Å². The summed E-state index contributed by atoms with van der Waals surface area (Å²) in [6.45, 7) is 5.18. The second-order valence-corrected chi connectivity index (χ2v) is 6.96. The summed E-state index contributed by atoms with van der Waals surface area (Å²) < 4.78 is 7.16. The predicted octanol–water partition coefficient (Wildman–Crippen LogP) is 2.51. The van der Waals surface area contributed by atoms with Gasteiger partial charge in [0.2, 0.25) is 11.1 Å². The summed E-state index contributed by atoms with van der Waals surface area (Å²) in [5.74, 6) is 0.939. The van der Waals surface area contributed by atoms with Crippen molar-refractivity contribution in [2.45, 2.75) is 18.2 Å². The lowest BCUT2D eigenvalue weighted by atomic mass is 10.0. The second kappa shape index (κ2) is 6.88. The molecule has 1 atom stereocenters. The number of aromatic nitrogens is 3. The van der Waals surface area contributed by atoms with E-state index in [1.165, 1.54) is 24.9 Å². The van der Waals surface area contributed by atoms with Crippen LogP contribution in [0.2, 0.25) is 0 Å². The highest BCUT2D eigenvalue weighted by atomic mass is 32.2. The number of hydrogen-bond donors (Lipinski definition) is 1. The van der Waals surface area contributed by atoms with E-state index in [4.69, 9.17) is 4.42 Å². The van der Waals surface area contributed by atoms with Gasteiger partial charge in [0, 0.05) is 17.8 Å². The van der Waals surface area contributed by atoms with E-state index in [1.54, 1.807) is 27.8 Å². The molecule has 0 saturated carbocycles. The fourth-order valence-electron chi connectivity index (χ4n) is 3.21. The van der Waals surface area contributed by atoms with Crippen LogP contribution >= 0.6 is 11.8 Å². The topological polar surface area (TPSA) is 83.1 Å². The average molecular weight is 381 g/mol. The maximum absolute atomic E-state index is 12.9. The number of amides is 1. The number of thioether (sulfide) groups is 1. The quantitative estimate of drug-likeness (QED) is 0.427. The molecular weight excluding hydrogens is 364 g/mol. The van der Waals surface area contributed by atoms with Crippen LogP contribution in [0.25, 0.3) is 11.3 Å². The van der Waals surface area contributed by atoms with Crippen LogP contribution in [-0.2, 0) is 4.79 Å². The van der Waals surface area contributed by atoms with Crippen LogP contribution in [0.1, 0.15) is 18.8 Å². The molecule has 3 heterocycles. The molecule has 2 aromatic heterocycles. The predicted molar refractivity (Wildman–Crippen MR) is 101 cm³/mol. The Morgan fingerprint density at radius 2 is 2.22 bits per heavy atom. The van der Waals surface area contributed by atoms with E-state index < -0.39 is 6.17 Å². The number of fused-ring (bicyclic) bond motifs is 3. The standard InChI is InChI=1S/C19H16N4O3S/c1-3-11-27-19-20-17(25)16-13-7-4-5-8-14(13)22(12(2)24)18(23(16)21-19)15-9-6-10-26-15/h3-10,18H,1,11H2,2H3/p+1/t18-/m1/s1. The third-order valence-electron chi connectivity index (χ3n) is 4.23. The molecule has 8 heteroatoms. The Kier molecular flexibility index (Phi) is 4.41. The van der Waals surface area contributed by atoms with Crippen LogP contribution < -0.4 is 15.1 Å². The minimum atomic E-state index is -0.687. The molecule has 0 spiro atoms. The van der Waals surface area contributed by atoms with Gasteiger partial charge in [0.05, 0.1) is 17.5 Å². The zero-order valence-corrected chi connectivity index (χ0v) is 15.4. The first-order valence-corrected chi connectivity index (χ1v) is 9.33. The highest BCUT2D eigenvalue weighted by Gasteiger charge is 2.46. The van der Waals surface area contributed by atoms with Gasteiger partial charge in [0.1, 0.15) is 0 Å². The fraction of sp³-hybridized carbons (Fsp3) is 0.158. The highest BCUT2D eigenvalue weighted by molar-refractivity contribution is 7.99. The van der Waals surface area contributed by atoms with Crippen molar-refractivity contribution >= 4 is 23.4 Å². The number of nitrogens with one attached hydrogen (secondary N) is 1. The van der Waals surface area contributed by atoms with Crippen LogP contribution in [0.3, 0.4) is 0 Å². The molecule has 136 valence electrons. The largest absolute Gasteiger partial charge is 0.460 e. The zero-order valence-electron chi connectivity index (χ0n) is 14.6. The van der Waals surface area contributed by atoms with Crippen molar-refractivity contribution in [3.8, 4) is 11.3 Å². The van der Waals surface area contributed by atoms with Crippen molar-refractivity contribution in [2.75, 3.05) is 10.7 Å². The first kappa shape index (κ1) is 17.3. The highest BCUT2D eigenvalue weighted by Crippen LogP contribution is 2.37. The Morgan fingerprint density at radius 1 is 1.41 bits per heavy atom. The van der Waals surface area contributed by atoms with Crippen molar-refractivity contribution in [1.29, 1.82) is 0 Å². The number of carbonyl (C=O) groups excluding carboxylic acids is 1. The summed E-state index contributed by atoms with van der Waals surface area (Å²) in [5, 5.41) is 5.05. The Hall–Kier alpha value is -3.13. The molecule has 27 heavy (non-hydrogen) atoms. The number of para-hydroxylation sites is 1. The van der Waals surface area contributed by atoms with E-state index in [0.29, 0.717) is 33.6 Å². The number of carbonyl (C=O) groups is 1. The number of anilines is 1. The zero-order chi connectivity index (χ0) is 19.0. The van der Waals surface area contributed by atoms with Gasteiger partial charge in [-0.2, -0.15) is 0 Å². The van der Waals surface area contributed by atoms with Gasteiger partial charge in [-0.05, 0) is 28.9 Å². The van der Waals surface area contributed by atoms with Crippen LogP contribution in [-0.4, -0.2) is 21.7 Å². The molecule has 3 aromatic rings. The van der Waals surface area contributed by atoms with E-state index in [0.717, 1.165) is 0 Å². The molecule has 0 fully saturated rings. The lowest BCUT2D eigenvalue weighted by Crippen LogP contribution is -2.60. The van der Waals surface area contributed by atoms with Crippen molar-refractivity contribution < 1.29 is 13.9 Å². The minimum Gasteiger partial charge on any atom is -0.460 e. The van der Waals surface area contributed by atoms with Crippen molar-refractivity contribution in [3.63, 3.8) is 0 Å². The molecule has 0 unspecified atom stereocenters. The molecule has 1 aliphatic heterocycles. The molecule has 1 amide bonds. The van der Waals surface area contributed by atoms with Gasteiger partial charge >= 0.3 is 17.4 Å². The Labute approximate surface area is 159 Å². The molecule has 4 rings (SSSR count). The number of furan rings is 1. The third kappa shape index (κ3) is 2.87. The normalized spacial score (nSPS) is 15.1. The number of aromatic amines is 1. The van der Waals surface area contributed by atoms with E-state index in [-0.39, 0.29) is 11.5 Å². The Balaban J connectivity index is 2.03. The van der Waals surface area contributed by atoms with Crippen LogP contribution in [0.15, 0.2) is 69.7 Å². The van der Waals surface area contributed by atoms with Crippen molar-refractivity contribution in [3.05, 3.63) is 71.4 Å². The molecular formula is C19H17N4O3S+. The van der Waals surface area contributed by atoms with Crippen LogP contribution in [0.4, 0.5) is 5.69 Å². The maximum atomic E-state index is 12.9. The lowest BCUT2D eigenvalue weighted by Gasteiger charge is -2.29. The maximum Gasteiger partial charge on any atom is 0.325 e. The smallest absolute Gasteiger partial charge is 0.325 e. The first-order valence-electron chi connectivity index (χ1n) is 8.34. The lowest BCUT2D eigenvalue weighted by molar-refractivity contribution is -0.764. The van der Waals surface area contributed by atoms with E-state index in [1.807, 2.05) is 24.3 Å². The fourth-order valence-corrected chi connectivity index (χ4v) is 3.80. The van der Waals surface area contributed by atoms with Crippen molar-refractivity contribution in [1.82, 2.24) is 10.1 Å². The summed E-state index contributed by atoms with van der Waals surface area (Å²) in [6.07, 6.45) is 2.58. The third-order valence-corrected chi connectivity index (χ3v) is 5.09. The van der Waals surface area contributed by atoms with Crippen molar-refractivity contribution in [2.24, 2.45) is 0 Å².